The molecule has 1 atom stereocenters. The van der Waals surface area contributed by atoms with Crippen LogP contribution in [0, 0.1) is 11.6 Å². The minimum absolute atomic E-state index is 0.0761. The van der Waals surface area contributed by atoms with Gasteiger partial charge in [-0.05, 0) is 36.2 Å². The highest BCUT2D eigenvalue weighted by Gasteiger charge is 2.10. The lowest BCUT2D eigenvalue weighted by atomic mass is 10.0. The van der Waals surface area contributed by atoms with Gasteiger partial charge >= 0.3 is 0 Å². The summed E-state index contributed by atoms with van der Waals surface area (Å²) >= 11 is 5.59. The largest absolute Gasteiger partial charge is 0.322 e. The number of aromatic nitrogens is 1. The molecule has 0 saturated heterocycles. The minimum atomic E-state index is -0.478. The van der Waals surface area contributed by atoms with E-state index < -0.39 is 17.7 Å². The Morgan fingerprint density at radius 1 is 1.22 bits per heavy atom. The summed E-state index contributed by atoms with van der Waals surface area (Å²) in [5.74, 6) is -0.892. The predicted molar refractivity (Wildman–Crippen MR) is 66.2 cm³/mol. The van der Waals surface area contributed by atoms with Crippen molar-refractivity contribution in [1.29, 1.82) is 0 Å². The molecule has 0 fully saturated rings. The molecule has 1 aromatic carbocycles. The average molecular weight is 269 g/mol. The summed E-state index contributed by atoms with van der Waals surface area (Å²) in [5, 5.41) is 0.0761. The highest BCUT2D eigenvalue weighted by Crippen LogP contribution is 2.19. The van der Waals surface area contributed by atoms with Gasteiger partial charge in [0.1, 0.15) is 11.6 Å². The lowest BCUT2D eigenvalue weighted by molar-refractivity contribution is 0.609. The molecular formula is C13H11ClF2N2. The van der Waals surface area contributed by atoms with Crippen molar-refractivity contribution in [2.75, 3.05) is 0 Å². The Bertz CT molecular complexity index is 543. The van der Waals surface area contributed by atoms with Gasteiger partial charge in [0.2, 0.25) is 0 Å². The Labute approximate surface area is 108 Å². The molecule has 0 aliphatic carbocycles. The fourth-order valence-electron chi connectivity index (χ4n) is 1.63. The van der Waals surface area contributed by atoms with E-state index in [9.17, 15) is 8.78 Å². The number of nitrogens with zero attached hydrogens (tertiary/aromatic N) is 1. The summed E-state index contributed by atoms with van der Waals surface area (Å²) in [6.45, 7) is 0. The Morgan fingerprint density at radius 3 is 2.61 bits per heavy atom. The Morgan fingerprint density at radius 2 is 2.00 bits per heavy atom. The van der Waals surface area contributed by atoms with Gasteiger partial charge in [0.05, 0.1) is 23.0 Å². The summed E-state index contributed by atoms with van der Waals surface area (Å²) in [6, 6.07) is 6.93. The summed E-state index contributed by atoms with van der Waals surface area (Å²) < 4.78 is 26.0. The first-order chi connectivity index (χ1) is 8.56. The van der Waals surface area contributed by atoms with Gasteiger partial charge in [-0.1, -0.05) is 17.7 Å². The molecule has 1 heterocycles. The van der Waals surface area contributed by atoms with Gasteiger partial charge in [-0.2, -0.15) is 0 Å². The van der Waals surface area contributed by atoms with Gasteiger partial charge in [0.15, 0.2) is 0 Å². The standard InChI is InChI=1S/C13H11ClF2N2/c14-10-3-1-8(5-11(10)16)6-12(17)13-4-2-9(15)7-18-13/h1-5,7,12H,6,17H2. The van der Waals surface area contributed by atoms with Crippen molar-refractivity contribution in [3.05, 3.63) is 64.4 Å². The summed E-state index contributed by atoms with van der Waals surface area (Å²) in [6.07, 6.45) is 1.52. The van der Waals surface area contributed by atoms with E-state index in [-0.39, 0.29) is 5.02 Å². The number of pyridine rings is 1. The molecule has 2 N–H and O–H groups in total. The molecule has 5 heteroatoms. The van der Waals surface area contributed by atoms with E-state index >= 15 is 0 Å². The summed E-state index contributed by atoms with van der Waals surface area (Å²) in [4.78, 5) is 3.89. The van der Waals surface area contributed by atoms with E-state index in [1.165, 1.54) is 24.3 Å². The Balaban J connectivity index is 2.13. The van der Waals surface area contributed by atoms with Gasteiger partial charge in [0.25, 0.3) is 0 Å². The van der Waals surface area contributed by atoms with Crippen LogP contribution in [0.15, 0.2) is 36.5 Å². The zero-order valence-corrected chi connectivity index (χ0v) is 10.2. The third-order valence-corrected chi connectivity index (χ3v) is 2.88. The third-order valence-electron chi connectivity index (χ3n) is 2.57. The smallest absolute Gasteiger partial charge is 0.142 e. The lowest BCUT2D eigenvalue weighted by Gasteiger charge is -2.11. The van der Waals surface area contributed by atoms with Crippen LogP contribution < -0.4 is 5.73 Å². The van der Waals surface area contributed by atoms with Crippen molar-refractivity contribution in [1.82, 2.24) is 4.98 Å². The van der Waals surface area contributed by atoms with E-state index in [4.69, 9.17) is 17.3 Å². The van der Waals surface area contributed by atoms with Crippen LogP contribution in [0.4, 0.5) is 8.78 Å². The first kappa shape index (κ1) is 12.9. The maximum atomic E-state index is 13.2. The van der Waals surface area contributed by atoms with Gasteiger partial charge in [-0.25, -0.2) is 8.78 Å². The number of rotatable bonds is 3. The number of hydrogen-bond acceptors (Lipinski definition) is 2. The maximum absolute atomic E-state index is 13.2. The SMILES string of the molecule is NC(Cc1ccc(Cl)c(F)c1)c1ccc(F)cn1. The molecule has 2 rings (SSSR count). The molecule has 0 spiro atoms. The molecule has 0 saturated carbocycles. The van der Waals surface area contributed by atoms with Crippen molar-refractivity contribution in [2.24, 2.45) is 5.73 Å². The van der Waals surface area contributed by atoms with E-state index in [0.717, 1.165) is 11.8 Å². The van der Waals surface area contributed by atoms with Crippen molar-refractivity contribution in [2.45, 2.75) is 12.5 Å². The molecule has 2 aromatic rings. The normalized spacial score (nSPS) is 12.4. The van der Waals surface area contributed by atoms with Crippen LogP contribution in [0.3, 0.4) is 0 Å². The molecule has 0 aliphatic rings. The molecule has 94 valence electrons. The van der Waals surface area contributed by atoms with Crippen LogP contribution >= 0.6 is 11.6 Å². The zero-order chi connectivity index (χ0) is 13.1. The van der Waals surface area contributed by atoms with Gasteiger partial charge in [0, 0.05) is 0 Å². The van der Waals surface area contributed by atoms with Crippen molar-refractivity contribution >= 4 is 11.6 Å². The van der Waals surface area contributed by atoms with E-state index in [2.05, 4.69) is 4.98 Å². The quantitative estimate of drug-likeness (QED) is 0.928. The molecule has 18 heavy (non-hydrogen) atoms. The molecule has 0 aliphatic heterocycles. The van der Waals surface area contributed by atoms with Gasteiger partial charge in [-0.15, -0.1) is 0 Å². The third kappa shape index (κ3) is 3.03. The molecule has 0 bridgehead atoms. The molecule has 1 aromatic heterocycles. The highest BCUT2D eigenvalue weighted by atomic mass is 35.5. The summed E-state index contributed by atoms with van der Waals surface area (Å²) in [7, 11) is 0. The van der Waals surface area contributed by atoms with Crippen molar-refractivity contribution in [3.8, 4) is 0 Å². The number of halogens is 3. The fraction of sp³-hybridized carbons (Fsp3) is 0.154. The molecular weight excluding hydrogens is 258 g/mol. The number of nitrogens with two attached hydrogens (primary N) is 1. The first-order valence-corrected chi connectivity index (χ1v) is 5.75. The first-order valence-electron chi connectivity index (χ1n) is 5.37. The van der Waals surface area contributed by atoms with E-state index in [1.54, 1.807) is 6.07 Å². The van der Waals surface area contributed by atoms with Crippen LogP contribution in [0.1, 0.15) is 17.3 Å². The van der Waals surface area contributed by atoms with E-state index in [1.807, 2.05) is 0 Å². The predicted octanol–water partition coefficient (Wildman–Crippen LogP) is 3.26. The second-order valence-electron chi connectivity index (χ2n) is 3.96. The van der Waals surface area contributed by atoms with Crippen molar-refractivity contribution in [3.63, 3.8) is 0 Å². The average Bonchev–Trinajstić information content (AvgIpc) is 2.34. The lowest BCUT2D eigenvalue weighted by Crippen LogP contribution is -2.15. The fourth-order valence-corrected chi connectivity index (χ4v) is 1.75. The Kier molecular flexibility index (Phi) is 3.89. The van der Waals surface area contributed by atoms with Crippen molar-refractivity contribution < 1.29 is 8.78 Å². The van der Waals surface area contributed by atoms with Crippen LogP contribution in [0.2, 0.25) is 5.02 Å². The second kappa shape index (κ2) is 5.42. The molecule has 0 amide bonds. The van der Waals surface area contributed by atoms with E-state index in [0.29, 0.717) is 12.1 Å². The second-order valence-corrected chi connectivity index (χ2v) is 4.37. The van der Waals surface area contributed by atoms with Crippen LogP contribution in [-0.4, -0.2) is 4.98 Å². The van der Waals surface area contributed by atoms with Gasteiger partial charge in [-0.3, -0.25) is 4.98 Å². The molecule has 1 unspecified atom stereocenters. The van der Waals surface area contributed by atoms with Crippen LogP contribution in [-0.2, 0) is 6.42 Å². The molecule has 0 radical (unpaired) electrons. The highest BCUT2D eigenvalue weighted by molar-refractivity contribution is 6.30. The summed E-state index contributed by atoms with van der Waals surface area (Å²) in [5.41, 5.74) is 7.20. The Hall–Kier alpha value is -1.52. The van der Waals surface area contributed by atoms with Crippen LogP contribution in [0.5, 0.6) is 0 Å². The zero-order valence-electron chi connectivity index (χ0n) is 9.41. The minimum Gasteiger partial charge on any atom is -0.322 e. The topological polar surface area (TPSA) is 38.9 Å². The monoisotopic (exact) mass is 268 g/mol. The molecule has 2 nitrogen and oxygen atoms in total. The number of hydrogen-bond donors (Lipinski definition) is 1. The van der Waals surface area contributed by atoms with Gasteiger partial charge < -0.3 is 5.73 Å². The van der Waals surface area contributed by atoms with Crippen LogP contribution in [0.25, 0.3) is 0 Å². The maximum Gasteiger partial charge on any atom is 0.142 e. The number of benzene rings is 1.